The summed E-state index contributed by atoms with van der Waals surface area (Å²) in [4.78, 5) is 35.4. The molecule has 0 saturated carbocycles. The minimum absolute atomic E-state index is 0.0593. The Morgan fingerprint density at radius 1 is 0.567 bits per heavy atom. The normalized spacial score (nSPS) is 18.9. The van der Waals surface area contributed by atoms with Crippen molar-refractivity contribution in [1.29, 1.82) is 0 Å². The van der Waals surface area contributed by atoms with E-state index in [0.717, 1.165) is 54.1 Å². The number of rotatable bonds is 6. The summed E-state index contributed by atoms with van der Waals surface area (Å²) in [6, 6.07) is 18.0. The topological polar surface area (TPSA) is 92.2 Å². The van der Waals surface area contributed by atoms with Crippen LogP contribution in [0.15, 0.2) is 58.3 Å². The van der Waals surface area contributed by atoms with Crippen LogP contribution in [0.1, 0.15) is 74.9 Å². The van der Waals surface area contributed by atoms with Gasteiger partial charge >= 0.3 is 0 Å². The lowest BCUT2D eigenvalue weighted by molar-refractivity contribution is -0.122. The molecule has 2 saturated heterocycles. The quantitative estimate of drug-likeness (QED) is 0.119. The number of benzene rings is 3. The first kappa shape index (κ1) is 38.9. The second kappa shape index (κ2) is 13.8. The molecule has 7 aromatic rings. The maximum Gasteiger partial charge on any atom is 0.266 e. The van der Waals surface area contributed by atoms with Gasteiger partial charge in [-0.05, 0) is 83.6 Å². The van der Waals surface area contributed by atoms with E-state index in [1.165, 1.54) is 90.1 Å². The number of carbonyl (C=O) groups is 2. The molecule has 0 bridgehead atoms. The number of amides is 2. The SMILES string of the molecule is CCN1C(=O)/C(=C/c2ccc(-c3cc4c(s3)-c3cc5c(cc3C4(C)C)-c3sc(-c4ccc(/C=C6\SC(=S)N(CC)C6=O)c6nsnc46)cc3C5(C)C)c3nsnc23)SC1=S. The van der Waals surface area contributed by atoms with Gasteiger partial charge in [-0.1, -0.05) is 99.9 Å². The van der Waals surface area contributed by atoms with Gasteiger partial charge in [0.2, 0.25) is 0 Å². The first-order valence-corrected chi connectivity index (χ1v) is 24.8. The minimum atomic E-state index is -0.214. The van der Waals surface area contributed by atoms with Gasteiger partial charge in [-0.15, -0.1) is 22.7 Å². The van der Waals surface area contributed by atoms with E-state index in [1.54, 1.807) is 9.80 Å². The number of fused-ring (bicyclic) bond motifs is 8. The molecule has 11 rings (SSSR count). The molecule has 0 spiro atoms. The zero-order chi connectivity index (χ0) is 41.6. The smallest absolute Gasteiger partial charge is 0.266 e. The molecule has 298 valence electrons. The maximum absolute atomic E-state index is 13.0. The van der Waals surface area contributed by atoms with Crippen molar-refractivity contribution in [3.63, 3.8) is 0 Å². The second-order valence-corrected chi connectivity index (χ2v) is 22.6. The predicted molar refractivity (Wildman–Crippen MR) is 261 cm³/mol. The van der Waals surface area contributed by atoms with Crippen LogP contribution in [0.25, 0.3) is 76.0 Å². The molecule has 2 fully saturated rings. The van der Waals surface area contributed by atoms with E-state index in [9.17, 15) is 9.59 Å². The lowest BCUT2D eigenvalue weighted by atomic mass is 9.79. The van der Waals surface area contributed by atoms with Crippen molar-refractivity contribution in [2.24, 2.45) is 0 Å². The highest BCUT2D eigenvalue weighted by molar-refractivity contribution is 8.27. The Morgan fingerprint density at radius 3 is 1.35 bits per heavy atom. The maximum atomic E-state index is 13.0. The number of hydrogen-bond acceptors (Lipinski definition) is 14. The Labute approximate surface area is 381 Å². The fourth-order valence-electron chi connectivity index (χ4n) is 8.91. The number of thiocarbonyl (C=S) groups is 2. The molecule has 2 aliphatic heterocycles. The molecular formula is C44H32N6O2S8. The van der Waals surface area contributed by atoms with Crippen molar-refractivity contribution in [2.75, 3.05) is 13.1 Å². The number of aromatic nitrogens is 4. The van der Waals surface area contributed by atoms with Gasteiger partial charge in [-0.3, -0.25) is 19.4 Å². The number of nitrogens with zero attached hydrogens (tertiary/aromatic N) is 6. The van der Waals surface area contributed by atoms with E-state index < -0.39 is 0 Å². The van der Waals surface area contributed by atoms with Crippen molar-refractivity contribution in [1.82, 2.24) is 27.3 Å². The monoisotopic (exact) mass is 932 g/mol. The van der Waals surface area contributed by atoms with E-state index in [2.05, 4.69) is 76.2 Å². The van der Waals surface area contributed by atoms with Crippen molar-refractivity contribution >= 4 is 149 Å². The standard InChI is InChI=1S/C44H32N6O2S8/c1-7-49-39(51)31(57-41(49)53)13-19-9-11-21(35-33(19)45-59-47-35)29-17-27-37(55-29)23-15-26-24(16-25(23)43(27,3)4)38-28(44(26,5)6)18-30(56-38)22-12-10-20(34-36(22)48-60-46-34)14-32-40(52)50(8-2)42(54)58-32/h9-18H,7-8H2,1-6H3/b31-13-,32-14-. The zero-order valence-electron chi connectivity index (χ0n) is 33.0. The van der Waals surface area contributed by atoms with Crippen molar-refractivity contribution in [3.05, 3.63) is 91.7 Å². The molecule has 16 heteroatoms. The van der Waals surface area contributed by atoms with Crippen LogP contribution in [0, 0.1) is 0 Å². The largest absolute Gasteiger partial charge is 0.293 e. The van der Waals surface area contributed by atoms with Crippen LogP contribution in [0.3, 0.4) is 0 Å². The molecule has 2 amide bonds. The summed E-state index contributed by atoms with van der Waals surface area (Å²) < 4.78 is 20.1. The van der Waals surface area contributed by atoms with E-state index in [-0.39, 0.29) is 22.6 Å². The Kier molecular flexibility index (Phi) is 8.91. The molecule has 4 aromatic heterocycles. The first-order chi connectivity index (χ1) is 28.8. The molecule has 3 aromatic carbocycles. The van der Waals surface area contributed by atoms with E-state index in [1.807, 2.05) is 48.7 Å². The summed E-state index contributed by atoms with van der Waals surface area (Å²) in [5.41, 5.74) is 14.7. The molecule has 2 aliphatic carbocycles. The van der Waals surface area contributed by atoms with Gasteiger partial charge < -0.3 is 0 Å². The van der Waals surface area contributed by atoms with Gasteiger partial charge in [0.1, 0.15) is 30.7 Å². The van der Waals surface area contributed by atoms with Gasteiger partial charge in [0.25, 0.3) is 11.8 Å². The van der Waals surface area contributed by atoms with Gasteiger partial charge in [-0.2, -0.15) is 17.5 Å². The van der Waals surface area contributed by atoms with Crippen molar-refractivity contribution in [2.45, 2.75) is 52.4 Å². The molecule has 0 N–H and O–H groups in total. The lowest BCUT2D eigenvalue weighted by Gasteiger charge is -2.24. The lowest BCUT2D eigenvalue weighted by Crippen LogP contribution is -2.27. The van der Waals surface area contributed by atoms with Crippen molar-refractivity contribution in [3.8, 4) is 41.8 Å². The average Bonchev–Trinajstić information content (AvgIpc) is 4.09. The molecule has 0 radical (unpaired) electrons. The van der Waals surface area contributed by atoms with Crippen LogP contribution in [0.5, 0.6) is 0 Å². The molecule has 8 nitrogen and oxygen atoms in total. The fourth-order valence-corrected chi connectivity index (χ4v) is 15.6. The Morgan fingerprint density at radius 2 is 0.967 bits per heavy atom. The fraction of sp³-hybridized carbons (Fsp3) is 0.227. The number of thioether (sulfide) groups is 2. The number of hydrogen-bond donors (Lipinski definition) is 0. The number of carbonyl (C=O) groups excluding carboxylic acids is 2. The summed E-state index contributed by atoms with van der Waals surface area (Å²) >= 11 is 19.6. The molecule has 60 heavy (non-hydrogen) atoms. The number of likely N-dealkylation sites (N-methyl/N-ethyl adjacent to an activating group) is 2. The van der Waals surface area contributed by atoms with Crippen LogP contribution in [0.4, 0.5) is 0 Å². The highest BCUT2D eigenvalue weighted by Crippen LogP contribution is 2.61. The predicted octanol–water partition coefficient (Wildman–Crippen LogP) is 12.2. The second-order valence-electron chi connectivity index (χ2n) is 16.1. The van der Waals surface area contributed by atoms with Crippen LogP contribution in [-0.4, -0.2) is 60.8 Å². The van der Waals surface area contributed by atoms with Crippen LogP contribution >= 0.6 is 94.1 Å². The van der Waals surface area contributed by atoms with Crippen LogP contribution < -0.4 is 0 Å². The van der Waals surface area contributed by atoms with E-state index in [4.69, 9.17) is 41.9 Å². The Hall–Kier alpha value is -4.00. The Balaban J connectivity index is 0.949. The van der Waals surface area contributed by atoms with E-state index in [0.29, 0.717) is 31.5 Å². The number of thiophene rings is 2. The van der Waals surface area contributed by atoms with Crippen molar-refractivity contribution < 1.29 is 9.59 Å². The highest BCUT2D eigenvalue weighted by atomic mass is 32.2. The van der Waals surface area contributed by atoms with Gasteiger partial charge in [-0.25, -0.2) is 0 Å². The molecule has 4 aliphatic rings. The average molecular weight is 933 g/mol. The zero-order valence-corrected chi connectivity index (χ0v) is 39.5. The highest BCUT2D eigenvalue weighted by Gasteiger charge is 2.44. The molecular weight excluding hydrogens is 901 g/mol. The summed E-state index contributed by atoms with van der Waals surface area (Å²) in [5, 5.41) is 0. The van der Waals surface area contributed by atoms with E-state index >= 15 is 0 Å². The van der Waals surface area contributed by atoms with Gasteiger partial charge in [0, 0.05) is 65.7 Å². The van der Waals surface area contributed by atoms with Crippen LogP contribution in [0.2, 0.25) is 0 Å². The van der Waals surface area contributed by atoms with Gasteiger partial charge in [0.05, 0.1) is 33.3 Å². The third kappa shape index (κ3) is 5.50. The third-order valence-electron chi connectivity index (χ3n) is 12.2. The van der Waals surface area contributed by atoms with Gasteiger partial charge in [0.15, 0.2) is 0 Å². The third-order valence-corrected chi connectivity index (χ3v) is 18.4. The molecule has 0 atom stereocenters. The summed E-state index contributed by atoms with van der Waals surface area (Å²) in [6.45, 7) is 14.3. The molecule has 0 unspecified atom stereocenters. The summed E-state index contributed by atoms with van der Waals surface area (Å²) in [7, 11) is 0. The first-order valence-electron chi connectivity index (χ1n) is 19.3. The minimum Gasteiger partial charge on any atom is -0.293 e. The van der Waals surface area contributed by atoms with Crippen LogP contribution in [-0.2, 0) is 20.4 Å². The summed E-state index contributed by atoms with van der Waals surface area (Å²) in [6.07, 6.45) is 3.81. The summed E-state index contributed by atoms with van der Waals surface area (Å²) in [5.74, 6) is -0.119. The molecule has 6 heterocycles. The Bertz CT molecular complexity index is 2990.